The van der Waals surface area contributed by atoms with E-state index in [1.807, 2.05) is 7.11 Å². The van der Waals surface area contributed by atoms with Gasteiger partial charge in [-0.05, 0) is 100 Å². The predicted molar refractivity (Wildman–Crippen MR) is 163 cm³/mol. The Morgan fingerprint density at radius 2 is 1.40 bits per heavy atom. The SMILES string of the molecule is COC(C)(C)c1cc(C(C)CC2CC3(CC3)c3cc(C(C)C)cc(C(C)(C)OC)c3O2)cc2c1OCCC2(C)C. The number of benzene rings is 2. The second-order valence-corrected chi connectivity index (χ2v) is 14.8. The zero-order valence-corrected chi connectivity index (χ0v) is 26.9. The molecule has 0 radical (unpaired) electrons. The molecule has 1 fully saturated rings. The van der Waals surface area contributed by atoms with Crippen LogP contribution in [0.25, 0.3) is 0 Å². The molecule has 0 aromatic heterocycles. The summed E-state index contributed by atoms with van der Waals surface area (Å²) < 4.78 is 25.3. The summed E-state index contributed by atoms with van der Waals surface area (Å²) >= 11 is 0. The maximum Gasteiger partial charge on any atom is 0.129 e. The highest BCUT2D eigenvalue weighted by molar-refractivity contribution is 5.55. The highest BCUT2D eigenvalue weighted by Crippen LogP contribution is 2.60. The lowest BCUT2D eigenvalue weighted by Crippen LogP contribution is -2.34. The third kappa shape index (κ3) is 5.09. The van der Waals surface area contributed by atoms with Crippen LogP contribution in [-0.2, 0) is 31.5 Å². The summed E-state index contributed by atoms with van der Waals surface area (Å²) in [5, 5.41) is 0. The lowest BCUT2D eigenvalue weighted by Gasteiger charge is -2.39. The standard InChI is InChI=1S/C36H52O4/c1-22(2)24-17-29(35(8,9)38-11)32-30(18-24)36(12-13-36)21-26(40-32)16-23(3)25-19-27-31(39-15-14-33(27,4)5)28(20-25)34(6,7)37-10/h17-20,22-23,26H,12-16,21H2,1-11H3. The van der Waals surface area contributed by atoms with Gasteiger partial charge in [-0.3, -0.25) is 0 Å². The molecule has 0 amide bonds. The molecule has 0 N–H and O–H groups in total. The van der Waals surface area contributed by atoms with Gasteiger partial charge in [-0.15, -0.1) is 0 Å². The Labute approximate surface area is 243 Å². The van der Waals surface area contributed by atoms with Crippen LogP contribution in [0.15, 0.2) is 24.3 Å². The highest BCUT2D eigenvalue weighted by atomic mass is 16.5. The van der Waals surface area contributed by atoms with Gasteiger partial charge in [-0.25, -0.2) is 0 Å². The molecule has 0 bridgehead atoms. The molecule has 1 aliphatic carbocycles. The van der Waals surface area contributed by atoms with E-state index in [1.165, 1.54) is 40.7 Å². The van der Waals surface area contributed by atoms with Crippen molar-refractivity contribution in [2.75, 3.05) is 20.8 Å². The molecule has 4 nitrogen and oxygen atoms in total. The number of methoxy groups -OCH3 is 2. The normalized spacial score (nSPS) is 21.9. The first-order chi connectivity index (χ1) is 18.6. The van der Waals surface area contributed by atoms with Gasteiger partial charge < -0.3 is 18.9 Å². The largest absolute Gasteiger partial charge is 0.493 e. The molecule has 4 heteroatoms. The molecular formula is C36H52O4. The van der Waals surface area contributed by atoms with E-state index in [0.29, 0.717) is 11.8 Å². The number of fused-ring (bicyclic) bond motifs is 3. The minimum absolute atomic E-state index is 0.0645. The van der Waals surface area contributed by atoms with Gasteiger partial charge in [0.05, 0.1) is 17.8 Å². The Balaban J connectivity index is 1.52. The van der Waals surface area contributed by atoms with Gasteiger partial charge in [0.15, 0.2) is 0 Å². The molecule has 5 rings (SSSR count). The average molecular weight is 549 g/mol. The molecule has 0 saturated heterocycles. The van der Waals surface area contributed by atoms with Crippen LogP contribution in [0.1, 0.15) is 140 Å². The molecular weight excluding hydrogens is 496 g/mol. The van der Waals surface area contributed by atoms with E-state index in [4.69, 9.17) is 18.9 Å². The van der Waals surface area contributed by atoms with Crippen LogP contribution in [0, 0.1) is 0 Å². The Morgan fingerprint density at radius 3 is 1.98 bits per heavy atom. The number of hydrogen-bond donors (Lipinski definition) is 0. The van der Waals surface area contributed by atoms with Crippen LogP contribution >= 0.6 is 0 Å². The Morgan fingerprint density at radius 1 is 0.825 bits per heavy atom. The van der Waals surface area contributed by atoms with Gasteiger partial charge >= 0.3 is 0 Å². The maximum atomic E-state index is 7.00. The molecule has 2 aliphatic heterocycles. The molecule has 2 aromatic rings. The van der Waals surface area contributed by atoms with Gasteiger partial charge in [-0.2, -0.15) is 0 Å². The van der Waals surface area contributed by atoms with E-state index in [0.717, 1.165) is 42.9 Å². The summed E-state index contributed by atoms with van der Waals surface area (Å²) in [6, 6.07) is 9.52. The van der Waals surface area contributed by atoms with Crippen molar-refractivity contribution in [2.24, 2.45) is 0 Å². The molecule has 2 aromatic carbocycles. The summed E-state index contributed by atoms with van der Waals surface area (Å²) in [5.74, 6) is 2.91. The van der Waals surface area contributed by atoms with Gasteiger partial charge in [0, 0.05) is 41.9 Å². The first-order valence-electron chi connectivity index (χ1n) is 15.4. The zero-order valence-electron chi connectivity index (χ0n) is 26.9. The van der Waals surface area contributed by atoms with E-state index >= 15 is 0 Å². The Bertz CT molecular complexity index is 1260. The van der Waals surface area contributed by atoms with E-state index in [9.17, 15) is 0 Å². The van der Waals surface area contributed by atoms with Gasteiger partial charge in [-0.1, -0.05) is 46.8 Å². The fourth-order valence-electron chi connectivity index (χ4n) is 6.80. The van der Waals surface area contributed by atoms with Crippen LogP contribution in [0.5, 0.6) is 11.5 Å². The fourth-order valence-corrected chi connectivity index (χ4v) is 6.80. The zero-order chi connectivity index (χ0) is 29.3. The second kappa shape index (κ2) is 10.1. The van der Waals surface area contributed by atoms with Crippen LogP contribution in [-0.4, -0.2) is 26.9 Å². The van der Waals surface area contributed by atoms with Gasteiger partial charge in [0.25, 0.3) is 0 Å². The smallest absolute Gasteiger partial charge is 0.129 e. The van der Waals surface area contributed by atoms with Crippen molar-refractivity contribution in [1.82, 2.24) is 0 Å². The number of rotatable bonds is 8. The van der Waals surface area contributed by atoms with Crippen molar-refractivity contribution < 1.29 is 18.9 Å². The van der Waals surface area contributed by atoms with Crippen molar-refractivity contribution in [3.05, 3.63) is 57.6 Å². The quantitative estimate of drug-likeness (QED) is 0.330. The third-order valence-electron chi connectivity index (χ3n) is 10.4. The van der Waals surface area contributed by atoms with Crippen LogP contribution in [0.3, 0.4) is 0 Å². The van der Waals surface area contributed by atoms with Crippen molar-refractivity contribution in [3.63, 3.8) is 0 Å². The third-order valence-corrected chi connectivity index (χ3v) is 10.4. The van der Waals surface area contributed by atoms with Crippen molar-refractivity contribution >= 4 is 0 Å². The first-order valence-corrected chi connectivity index (χ1v) is 15.4. The lowest BCUT2D eigenvalue weighted by molar-refractivity contribution is 0.0136. The summed E-state index contributed by atoms with van der Waals surface area (Å²) in [6.45, 7) is 21.0. The molecule has 40 heavy (non-hydrogen) atoms. The summed E-state index contributed by atoms with van der Waals surface area (Å²) in [7, 11) is 3.60. The summed E-state index contributed by atoms with van der Waals surface area (Å²) in [6.07, 6.45) is 5.76. The van der Waals surface area contributed by atoms with Crippen molar-refractivity contribution in [2.45, 2.75) is 134 Å². The molecule has 2 heterocycles. The number of hydrogen-bond acceptors (Lipinski definition) is 4. The van der Waals surface area contributed by atoms with Crippen LogP contribution < -0.4 is 9.47 Å². The van der Waals surface area contributed by atoms with Crippen molar-refractivity contribution in [1.29, 1.82) is 0 Å². The van der Waals surface area contributed by atoms with E-state index < -0.39 is 11.2 Å². The summed E-state index contributed by atoms with van der Waals surface area (Å²) in [4.78, 5) is 0. The second-order valence-electron chi connectivity index (χ2n) is 14.8. The monoisotopic (exact) mass is 548 g/mol. The molecule has 3 aliphatic rings. The van der Waals surface area contributed by atoms with E-state index in [1.54, 1.807) is 7.11 Å². The highest BCUT2D eigenvalue weighted by Gasteiger charge is 2.52. The van der Waals surface area contributed by atoms with Gasteiger partial charge in [0.1, 0.15) is 17.6 Å². The lowest BCUT2D eigenvalue weighted by atomic mass is 9.75. The maximum absolute atomic E-state index is 7.00. The Kier molecular flexibility index (Phi) is 7.40. The molecule has 2 unspecified atom stereocenters. The predicted octanol–water partition coefficient (Wildman–Crippen LogP) is 9.01. The minimum Gasteiger partial charge on any atom is -0.493 e. The molecule has 220 valence electrons. The molecule has 1 saturated carbocycles. The fraction of sp³-hybridized carbons (Fsp3) is 0.667. The van der Waals surface area contributed by atoms with E-state index in [2.05, 4.69) is 86.6 Å². The van der Waals surface area contributed by atoms with E-state index in [-0.39, 0.29) is 16.9 Å². The van der Waals surface area contributed by atoms with Crippen LogP contribution in [0.4, 0.5) is 0 Å². The molecule has 1 spiro atoms. The van der Waals surface area contributed by atoms with Crippen molar-refractivity contribution in [3.8, 4) is 11.5 Å². The van der Waals surface area contributed by atoms with Crippen LogP contribution in [0.2, 0.25) is 0 Å². The molecule has 2 atom stereocenters. The first kappa shape index (κ1) is 29.5. The topological polar surface area (TPSA) is 36.9 Å². The summed E-state index contributed by atoms with van der Waals surface area (Å²) in [5.41, 5.74) is 7.27. The Hall–Kier alpha value is -2.04. The minimum atomic E-state index is -0.430. The average Bonchev–Trinajstić information content (AvgIpc) is 3.66. The number of ether oxygens (including phenoxy) is 4. The van der Waals surface area contributed by atoms with Gasteiger partial charge in [0.2, 0.25) is 0 Å².